The highest BCUT2D eigenvalue weighted by Gasteiger charge is 2.44. The third-order valence-corrected chi connectivity index (χ3v) is 5.27. The molecule has 0 bridgehead atoms. The molecule has 0 spiro atoms. The van der Waals surface area contributed by atoms with Crippen LogP contribution in [-0.2, 0) is 15.7 Å². The summed E-state index contributed by atoms with van der Waals surface area (Å²) in [6.45, 7) is 0.513. The van der Waals surface area contributed by atoms with Crippen molar-refractivity contribution in [1.82, 2.24) is 4.90 Å². The Morgan fingerprint density at radius 3 is 2.43 bits per heavy atom. The number of carbonyl (C=O) groups is 2. The van der Waals surface area contributed by atoms with Crippen molar-refractivity contribution in [2.24, 2.45) is 5.73 Å². The number of nitrogens with two attached hydrogens (primary N) is 1. The van der Waals surface area contributed by atoms with E-state index < -0.39 is 42.3 Å². The fourth-order valence-corrected chi connectivity index (χ4v) is 3.74. The SMILES string of the molecule is CC1=C(C(=O)OCCO)[C@@H](c2ccc(C#N)cc2)N(C(N)=O)C(=N)N1c1cccc(C(F)(F)F)c1. The van der Waals surface area contributed by atoms with E-state index in [-0.39, 0.29) is 23.6 Å². The van der Waals surface area contributed by atoms with Crippen molar-refractivity contribution in [1.29, 1.82) is 10.7 Å². The third-order valence-electron chi connectivity index (χ3n) is 5.27. The number of guanidine groups is 1. The first-order valence-electron chi connectivity index (χ1n) is 10.1. The second kappa shape index (κ2) is 9.86. The average molecular weight is 487 g/mol. The number of benzene rings is 2. The van der Waals surface area contributed by atoms with Gasteiger partial charge in [0, 0.05) is 11.4 Å². The number of ether oxygens (including phenoxy) is 1. The van der Waals surface area contributed by atoms with Gasteiger partial charge < -0.3 is 15.6 Å². The van der Waals surface area contributed by atoms with E-state index in [1.165, 1.54) is 37.3 Å². The maximum Gasteiger partial charge on any atom is 0.416 e. The molecule has 182 valence electrons. The number of anilines is 1. The van der Waals surface area contributed by atoms with Gasteiger partial charge in [0.2, 0.25) is 5.96 Å². The Morgan fingerprint density at radius 1 is 1.23 bits per heavy atom. The minimum Gasteiger partial charge on any atom is -0.460 e. The molecule has 0 unspecified atom stereocenters. The molecule has 2 amide bonds. The highest BCUT2D eigenvalue weighted by atomic mass is 19.4. The quantitative estimate of drug-likeness (QED) is 0.553. The van der Waals surface area contributed by atoms with Gasteiger partial charge in [0.15, 0.2) is 0 Å². The molecule has 35 heavy (non-hydrogen) atoms. The lowest BCUT2D eigenvalue weighted by molar-refractivity contribution is -0.141. The number of halogens is 3. The van der Waals surface area contributed by atoms with Crippen molar-refractivity contribution in [3.8, 4) is 6.07 Å². The molecule has 3 rings (SSSR count). The van der Waals surface area contributed by atoms with Crippen molar-refractivity contribution >= 4 is 23.6 Å². The van der Waals surface area contributed by atoms with Crippen LogP contribution in [-0.4, -0.2) is 41.2 Å². The van der Waals surface area contributed by atoms with E-state index in [9.17, 15) is 22.8 Å². The smallest absolute Gasteiger partial charge is 0.416 e. The third kappa shape index (κ3) is 4.95. The van der Waals surface area contributed by atoms with Crippen LogP contribution in [0, 0.1) is 16.7 Å². The van der Waals surface area contributed by atoms with E-state index in [1.807, 2.05) is 6.07 Å². The summed E-state index contributed by atoms with van der Waals surface area (Å²) in [4.78, 5) is 27.3. The topological polar surface area (TPSA) is 144 Å². The first-order valence-corrected chi connectivity index (χ1v) is 10.1. The number of hydrogen-bond donors (Lipinski definition) is 3. The van der Waals surface area contributed by atoms with E-state index >= 15 is 0 Å². The number of nitrogens with zero attached hydrogens (tertiary/aromatic N) is 3. The van der Waals surface area contributed by atoms with E-state index in [0.29, 0.717) is 11.1 Å². The molecule has 12 heteroatoms. The fraction of sp³-hybridized carbons (Fsp3) is 0.217. The van der Waals surface area contributed by atoms with Crippen molar-refractivity contribution < 1.29 is 32.6 Å². The van der Waals surface area contributed by atoms with Gasteiger partial charge in [0.05, 0.1) is 29.4 Å². The van der Waals surface area contributed by atoms with E-state index in [1.54, 1.807) is 0 Å². The first-order chi connectivity index (χ1) is 16.5. The van der Waals surface area contributed by atoms with Crippen LogP contribution in [0.4, 0.5) is 23.7 Å². The molecule has 9 nitrogen and oxygen atoms in total. The Hall–Kier alpha value is -4.37. The summed E-state index contributed by atoms with van der Waals surface area (Å²) in [5.74, 6) is -1.57. The molecule has 1 aliphatic heterocycles. The molecule has 4 N–H and O–H groups in total. The molecule has 1 atom stereocenters. The zero-order valence-electron chi connectivity index (χ0n) is 18.3. The van der Waals surface area contributed by atoms with Crippen LogP contribution in [0.3, 0.4) is 0 Å². The number of aliphatic hydroxyl groups is 1. The second-order valence-electron chi connectivity index (χ2n) is 7.41. The summed E-state index contributed by atoms with van der Waals surface area (Å²) < 4.78 is 45.1. The molecule has 0 radical (unpaired) electrons. The van der Waals surface area contributed by atoms with E-state index in [4.69, 9.17) is 26.2 Å². The summed E-state index contributed by atoms with van der Waals surface area (Å²) in [5, 5.41) is 26.8. The molecular formula is C23H20F3N5O4. The monoisotopic (exact) mass is 487 g/mol. The van der Waals surface area contributed by atoms with Gasteiger partial charge >= 0.3 is 18.2 Å². The van der Waals surface area contributed by atoms with Gasteiger partial charge in [-0.3, -0.25) is 15.2 Å². The minimum atomic E-state index is -4.68. The van der Waals surface area contributed by atoms with Crippen LogP contribution in [0.25, 0.3) is 0 Å². The highest BCUT2D eigenvalue weighted by Crippen LogP contribution is 2.40. The van der Waals surface area contributed by atoms with Gasteiger partial charge in [-0.25, -0.2) is 9.59 Å². The number of esters is 1. The van der Waals surface area contributed by atoms with Gasteiger partial charge in [0.1, 0.15) is 12.6 Å². The lowest BCUT2D eigenvalue weighted by Gasteiger charge is -2.43. The summed E-state index contributed by atoms with van der Waals surface area (Å²) in [5.41, 5.74) is 4.84. The standard InChI is InChI=1S/C23H20F3N5O4/c1-13-18(20(33)35-10-9-32)19(15-7-5-14(12-27)6-8-15)31(22(29)34)21(28)30(13)17-4-2-3-16(11-17)23(24,25)26/h2-8,11,19,28,32H,9-10H2,1H3,(H2,29,34)/t19-/m1/s1. The van der Waals surface area contributed by atoms with E-state index in [2.05, 4.69) is 0 Å². The predicted octanol–water partition coefficient (Wildman–Crippen LogP) is 3.26. The summed E-state index contributed by atoms with van der Waals surface area (Å²) in [7, 11) is 0. The normalized spacial score (nSPS) is 16.2. The Balaban J connectivity index is 2.27. The molecule has 1 heterocycles. The van der Waals surface area contributed by atoms with Gasteiger partial charge in [-0.1, -0.05) is 18.2 Å². The average Bonchev–Trinajstić information content (AvgIpc) is 2.81. The Bertz CT molecular complexity index is 1230. The maximum atomic E-state index is 13.3. The molecule has 0 saturated carbocycles. The zero-order chi connectivity index (χ0) is 25.9. The number of nitrogens with one attached hydrogen (secondary N) is 1. The summed E-state index contributed by atoms with van der Waals surface area (Å²) in [6, 6.07) is 9.32. The highest BCUT2D eigenvalue weighted by molar-refractivity contribution is 6.10. The van der Waals surface area contributed by atoms with Gasteiger partial charge in [-0.05, 0) is 42.8 Å². The van der Waals surface area contributed by atoms with Gasteiger partial charge in [-0.15, -0.1) is 0 Å². The number of urea groups is 1. The number of nitriles is 1. The van der Waals surface area contributed by atoms with Crippen LogP contribution in [0.2, 0.25) is 0 Å². The van der Waals surface area contributed by atoms with Crippen LogP contribution in [0.1, 0.15) is 29.7 Å². The maximum absolute atomic E-state index is 13.3. The Kier molecular flexibility index (Phi) is 7.12. The summed E-state index contributed by atoms with van der Waals surface area (Å²) in [6.07, 6.45) is -4.68. The van der Waals surface area contributed by atoms with Crippen molar-refractivity contribution in [2.45, 2.75) is 19.1 Å². The fourth-order valence-electron chi connectivity index (χ4n) is 3.74. The number of allylic oxidation sites excluding steroid dienone is 1. The molecular weight excluding hydrogens is 467 g/mol. The van der Waals surface area contributed by atoms with Crippen molar-refractivity contribution in [3.63, 3.8) is 0 Å². The summed E-state index contributed by atoms with van der Waals surface area (Å²) >= 11 is 0. The number of primary amides is 1. The molecule has 1 aliphatic rings. The Labute approximate surface area is 197 Å². The number of hydrogen-bond acceptors (Lipinski definition) is 6. The van der Waals surface area contributed by atoms with Gasteiger partial charge in [-0.2, -0.15) is 18.4 Å². The molecule has 0 aromatic heterocycles. The zero-order valence-corrected chi connectivity index (χ0v) is 18.3. The van der Waals surface area contributed by atoms with Crippen molar-refractivity contribution in [2.75, 3.05) is 18.1 Å². The van der Waals surface area contributed by atoms with E-state index in [0.717, 1.165) is 28.0 Å². The number of carbonyl (C=O) groups excluding carboxylic acids is 2. The molecule has 0 aliphatic carbocycles. The number of rotatable bonds is 5. The number of alkyl halides is 3. The van der Waals surface area contributed by atoms with Crippen LogP contribution < -0.4 is 10.6 Å². The molecule has 0 saturated heterocycles. The number of aliphatic hydroxyl groups excluding tert-OH is 1. The number of amides is 2. The van der Waals surface area contributed by atoms with Gasteiger partial charge in [0.25, 0.3) is 0 Å². The van der Waals surface area contributed by atoms with Crippen LogP contribution >= 0.6 is 0 Å². The molecule has 0 fully saturated rings. The first kappa shape index (κ1) is 25.3. The molecule has 2 aromatic carbocycles. The lowest BCUT2D eigenvalue weighted by Crippen LogP contribution is -2.55. The second-order valence-corrected chi connectivity index (χ2v) is 7.41. The Morgan fingerprint density at radius 2 is 1.89 bits per heavy atom. The van der Waals surface area contributed by atoms with Crippen molar-refractivity contribution in [3.05, 3.63) is 76.5 Å². The lowest BCUT2D eigenvalue weighted by atomic mass is 9.92. The largest absolute Gasteiger partial charge is 0.460 e. The van der Waals surface area contributed by atoms with Crippen LogP contribution in [0.5, 0.6) is 0 Å². The predicted molar refractivity (Wildman–Crippen MR) is 118 cm³/mol. The minimum absolute atomic E-state index is 0.0177. The van der Waals surface area contributed by atoms with Crippen LogP contribution in [0.15, 0.2) is 59.8 Å². The molecule has 2 aromatic rings.